The third-order valence-electron chi connectivity index (χ3n) is 5.17. The minimum Gasteiger partial charge on any atom is -0.339 e. The lowest BCUT2D eigenvalue weighted by Gasteiger charge is -2.37. The predicted molar refractivity (Wildman–Crippen MR) is 90.9 cm³/mol. The number of carbonyl (C=O) groups excluding carboxylic acids is 2. The SMILES string of the molecule is O=C(c1ccnnc1)N1CCC2(CC1)CCN(c1ccsc1)C2=O. The molecular formula is C17H18N4O2S. The van der Waals surface area contributed by atoms with Gasteiger partial charge in [-0.25, -0.2) is 0 Å². The Balaban J connectivity index is 1.45. The highest BCUT2D eigenvalue weighted by atomic mass is 32.1. The molecule has 24 heavy (non-hydrogen) atoms. The van der Waals surface area contributed by atoms with E-state index in [0.29, 0.717) is 18.7 Å². The minimum atomic E-state index is -0.296. The van der Waals surface area contributed by atoms with Crippen LogP contribution in [0.15, 0.2) is 35.3 Å². The zero-order valence-electron chi connectivity index (χ0n) is 13.2. The number of hydrogen-bond acceptors (Lipinski definition) is 5. The van der Waals surface area contributed by atoms with E-state index in [1.807, 2.05) is 26.6 Å². The normalized spacial score (nSPS) is 19.9. The Bertz CT molecular complexity index is 739. The Kier molecular flexibility index (Phi) is 3.80. The quantitative estimate of drug-likeness (QED) is 0.839. The van der Waals surface area contributed by atoms with Crippen LogP contribution in [0.3, 0.4) is 0 Å². The summed E-state index contributed by atoms with van der Waals surface area (Å²) >= 11 is 1.61. The number of piperidine rings is 1. The second kappa shape index (κ2) is 5.98. The van der Waals surface area contributed by atoms with E-state index in [4.69, 9.17) is 0 Å². The maximum Gasteiger partial charge on any atom is 0.255 e. The van der Waals surface area contributed by atoms with Gasteiger partial charge in [-0.3, -0.25) is 9.59 Å². The number of carbonyl (C=O) groups is 2. The van der Waals surface area contributed by atoms with Crippen molar-refractivity contribution in [2.45, 2.75) is 19.3 Å². The van der Waals surface area contributed by atoms with Gasteiger partial charge in [0.1, 0.15) is 0 Å². The first-order valence-electron chi connectivity index (χ1n) is 8.10. The number of anilines is 1. The van der Waals surface area contributed by atoms with Crippen LogP contribution >= 0.6 is 11.3 Å². The number of thiophene rings is 1. The van der Waals surface area contributed by atoms with E-state index in [0.717, 1.165) is 31.5 Å². The lowest BCUT2D eigenvalue weighted by atomic mass is 9.77. The molecule has 2 aromatic rings. The molecule has 2 fully saturated rings. The summed E-state index contributed by atoms with van der Waals surface area (Å²) in [6.07, 6.45) is 5.36. The molecule has 4 heterocycles. The summed E-state index contributed by atoms with van der Waals surface area (Å²) in [7, 11) is 0. The van der Waals surface area contributed by atoms with Crippen LogP contribution in [0.1, 0.15) is 29.6 Å². The minimum absolute atomic E-state index is 0.0279. The van der Waals surface area contributed by atoms with E-state index < -0.39 is 0 Å². The molecule has 0 unspecified atom stereocenters. The largest absolute Gasteiger partial charge is 0.339 e. The molecular weight excluding hydrogens is 324 g/mol. The topological polar surface area (TPSA) is 66.4 Å². The molecule has 0 aliphatic carbocycles. The Morgan fingerprint density at radius 2 is 1.92 bits per heavy atom. The molecule has 0 atom stereocenters. The first-order valence-corrected chi connectivity index (χ1v) is 9.04. The van der Waals surface area contributed by atoms with Crippen LogP contribution in [0, 0.1) is 5.41 Å². The smallest absolute Gasteiger partial charge is 0.255 e. The maximum atomic E-state index is 12.9. The van der Waals surface area contributed by atoms with Crippen molar-refractivity contribution >= 4 is 28.8 Å². The molecule has 2 saturated heterocycles. The average molecular weight is 342 g/mol. The van der Waals surface area contributed by atoms with Gasteiger partial charge in [0, 0.05) is 25.0 Å². The average Bonchev–Trinajstić information content (AvgIpc) is 3.26. The first kappa shape index (κ1) is 15.3. The molecule has 0 radical (unpaired) electrons. The molecule has 0 bridgehead atoms. The van der Waals surface area contributed by atoms with Crippen molar-refractivity contribution in [3.8, 4) is 0 Å². The fraction of sp³-hybridized carbons (Fsp3) is 0.412. The van der Waals surface area contributed by atoms with E-state index in [2.05, 4.69) is 10.2 Å². The number of amides is 2. The molecule has 0 saturated carbocycles. The van der Waals surface area contributed by atoms with Gasteiger partial charge >= 0.3 is 0 Å². The molecule has 0 aromatic carbocycles. The summed E-state index contributed by atoms with van der Waals surface area (Å²) in [6, 6.07) is 3.68. The highest BCUT2D eigenvalue weighted by molar-refractivity contribution is 7.08. The first-order chi connectivity index (χ1) is 11.7. The van der Waals surface area contributed by atoms with Crippen molar-refractivity contribution in [1.82, 2.24) is 15.1 Å². The van der Waals surface area contributed by atoms with E-state index >= 15 is 0 Å². The van der Waals surface area contributed by atoms with Crippen molar-refractivity contribution in [3.63, 3.8) is 0 Å². The van der Waals surface area contributed by atoms with Gasteiger partial charge in [0.05, 0.1) is 29.1 Å². The number of rotatable bonds is 2. The van der Waals surface area contributed by atoms with Crippen LogP contribution in [-0.2, 0) is 4.79 Å². The molecule has 2 aliphatic heterocycles. The van der Waals surface area contributed by atoms with Gasteiger partial charge in [-0.2, -0.15) is 21.5 Å². The summed E-state index contributed by atoms with van der Waals surface area (Å²) in [5.74, 6) is 0.193. The van der Waals surface area contributed by atoms with Gasteiger partial charge in [0.2, 0.25) is 5.91 Å². The Hall–Kier alpha value is -2.28. The van der Waals surface area contributed by atoms with E-state index in [1.54, 1.807) is 17.4 Å². The summed E-state index contributed by atoms with van der Waals surface area (Å²) in [4.78, 5) is 29.2. The molecule has 7 heteroatoms. The fourth-order valence-electron chi connectivity index (χ4n) is 3.68. The third kappa shape index (κ3) is 2.49. The lowest BCUT2D eigenvalue weighted by molar-refractivity contribution is -0.127. The van der Waals surface area contributed by atoms with Crippen LogP contribution in [0.2, 0.25) is 0 Å². The van der Waals surface area contributed by atoms with Crippen molar-refractivity contribution in [1.29, 1.82) is 0 Å². The predicted octanol–water partition coefficient (Wildman–Crippen LogP) is 2.20. The standard InChI is InChI=1S/C17H18N4O2S/c22-15(13-1-6-18-19-11-13)20-7-3-17(4-8-20)5-9-21(16(17)23)14-2-10-24-12-14/h1-2,6,10-12H,3-5,7-9H2. The van der Waals surface area contributed by atoms with Crippen molar-refractivity contribution in [3.05, 3.63) is 40.8 Å². The monoisotopic (exact) mass is 342 g/mol. The van der Waals surface area contributed by atoms with E-state index in [-0.39, 0.29) is 17.2 Å². The molecule has 124 valence electrons. The Morgan fingerprint density at radius 3 is 2.58 bits per heavy atom. The number of likely N-dealkylation sites (tertiary alicyclic amines) is 1. The van der Waals surface area contributed by atoms with Gasteiger partial charge in [0.25, 0.3) is 5.91 Å². The summed E-state index contributed by atoms with van der Waals surface area (Å²) in [6.45, 7) is 2.01. The summed E-state index contributed by atoms with van der Waals surface area (Å²) in [5, 5.41) is 11.5. The molecule has 2 amide bonds. The van der Waals surface area contributed by atoms with Gasteiger partial charge < -0.3 is 9.80 Å². The number of aromatic nitrogens is 2. The molecule has 1 spiro atoms. The van der Waals surface area contributed by atoms with Crippen LogP contribution < -0.4 is 4.90 Å². The molecule has 4 rings (SSSR count). The Morgan fingerprint density at radius 1 is 1.12 bits per heavy atom. The zero-order valence-corrected chi connectivity index (χ0v) is 14.0. The van der Waals surface area contributed by atoms with Crippen LogP contribution in [0.25, 0.3) is 0 Å². The van der Waals surface area contributed by atoms with Gasteiger partial charge in [-0.1, -0.05) is 0 Å². The second-order valence-corrected chi connectivity index (χ2v) is 7.17. The van der Waals surface area contributed by atoms with Gasteiger partial charge in [0.15, 0.2) is 0 Å². The van der Waals surface area contributed by atoms with Crippen molar-refractivity contribution < 1.29 is 9.59 Å². The maximum absolute atomic E-state index is 12.9. The van der Waals surface area contributed by atoms with E-state index in [9.17, 15) is 9.59 Å². The van der Waals surface area contributed by atoms with Gasteiger partial charge in [-0.15, -0.1) is 0 Å². The molecule has 2 aromatic heterocycles. The molecule has 6 nitrogen and oxygen atoms in total. The highest BCUT2D eigenvalue weighted by Gasteiger charge is 2.49. The second-order valence-electron chi connectivity index (χ2n) is 6.39. The third-order valence-corrected chi connectivity index (χ3v) is 5.84. The summed E-state index contributed by atoms with van der Waals surface area (Å²) in [5.41, 5.74) is 1.26. The van der Waals surface area contributed by atoms with Crippen molar-refractivity contribution in [2.24, 2.45) is 5.41 Å². The van der Waals surface area contributed by atoms with Crippen LogP contribution in [0.4, 0.5) is 5.69 Å². The lowest BCUT2D eigenvalue weighted by Crippen LogP contribution is -2.46. The number of hydrogen-bond donors (Lipinski definition) is 0. The number of nitrogens with zero attached hydrogens (tertiary/aromatic N) is 4. The Labute approximate surface area is 144 Å². The zero-order chi connectivity index (χ0) is 16.6. The van der Waals surface area contributed by atoms with Crippen molar-refractivity contribution in [2.75, 3.05) is 24.5 Å². The van der Waals surface area contributed by atoms with Crippen LogP contribution in [-0.4, -0.2) is 46.5 Å². The van der Waals surface area contributed by atoms with E-state index in [1.165, 1.54) is 12.4 Å². The van der Waals surface area contributed by atoms with Gasteiger partial charge in [-0.05, 0) is 36.8 Å². The fourth-order valence-corrected chi connectivity index (χ4v) is 4.32. The molecule has 2 aliphatic rings. The summed E-state index contributed by atoms with van der Waals surface area (Å²) < 4.78 is 0. The van der Waals surface area contributed by atoms with Crippen LogP contribution in [0.5, 0.6) is 0 Å². The highest BCUT2D eigenvalue weighted by Crippen LogP contribution is 2.43. The molecule has 0 N–H and O–H groups in total.